The van der Waals surface area contributed by atoms with Gasteiger partial charge < -0.3 is 10.1 Å². The van der Waals surface area contributed by atoms with Gasteiger partial charge in [0.15, 0.2) is 0 Å². The first kappa shape index (κ1) is 10.1. The van der Waals surface area contributed by atoms with Crippen LogP contribution in [0.4, 0.5) is 0 Å². The molecule has 3 nitrogen and oxygen atoms in total. The highest BCUT2D eigenvalue weighted by Gasteiger charge is 2.15. The third-order valence-electron chi connectivity index (χ3n) is 2.96. The maximum Gasteiger partial charge on any atom is 0.129 e. The van der Waals surface area contributed by atoms with Gasteiger partial charge in [0.25, 0.3) is 0 Å². The molecule has 16 heavy (non-hydrogen) atoms. The second kappa shape index (κ2) is 4.39. The van der Waals surface area contributed by atoms with Crippen LogP contribution in [-0.4, -0.2) is 23.6 Å². The van der Waals surface area contributed by atoms with Gasteiger partial charge in [-0.05, 0) is 43.1 Å². The van der Waals surface area contributed by atoms with Crippen LogP contribution in [0.3, 0.4) is 0 Å². The normalized spacial score (nSPS) is 20.4. The van der Waals surface area contributed by atoms with E-state index in [1.807, 2.05) is 18.3 Å². The molecular weight excluding hydrogens is 220 g/mol. The molecule has 0 aliphatic carbocycles. The second-order valence-corrected chi connectivity index (χ2v) is 4.93. The number of ether oxygens (including phenoxy) is 1. The molecule has 1 atom stereocenters. The number of benzene rings is 1. The van der Waals surface area contributed by atoms with Crippen LogP contribution in [0.25, 0.3) is 10.1 Å². The number of hydrogen-bond donors (Lipinski definition) is 1. The molecule has 2 aromatic rings. The van der Waals surface area contributed by atoms with Gasteiger partial charge in [-0.15, -0.1) is 0 Å². The van der Waals surface area contributed by atoms with Gasteiger partial charge in [-0.2, -0.15) is 4.37 Å². The summed E-state index contributed by atoms with van der Waals surface area (Å²) in [4.78, 5) is 0. The summed E-state index contributed by atoms with van der Waals surface area (Å²) >= 11 is 1.51. The zero-order valence-electron chi connectivity index (χ0n) is 8.98. The van der Waals surface area contributed by atoms with E-state index in [0.717, 1.165) is 24.3 Å². The van der Waals surface area contributed by atoms with Crippen LogP contribution in [0.5, 0.6) is 5.75 Å². The Balaban J connectivity index is 1.75. The molecule has 1 aromatic heterocycles. The van der Waals surface area contributed by atoms with Crippen molar-refractivity contribution in [3.8, 4) is 5.75 Å². The Hall–Kier alpha value is -1.13. The van der Waals surface area contributed by atoms with Gasteiger partial charge in [-0.1, -0.05) is 6.07 Å². The van der Waals surface area contributed by atoms with Gasteiger partial charge in [0.1, 0.15) is 12.4 Å². The van der Waals surface area contributed by atoms with E-state index < -0.39 is 0 Å². The van der Waals surface area contributed by atoms with E-state index in [-0.39, 0.29) is 0 Å². The van der Waals surface area contributed by atoms with E-state index in [2.05, 4.69) is 15.8 Å². The highest BCUT2D eigenvalue weighted by molar-refractivity contribution is 7.13. The molecule has 0 bridgehead atoms. The summed E-state index contributed by atoms with van der Waals surface area (Å²) < 4.78 is 11.2. The predicted octanol–water partition coefficient (Wildman–Crippen LogP) is 2.43. The lowest BCUT2D eigenvalue weighted by atomic mass is 10.2. The lowest BCUT2D eigenvalue weighted by Gasteiger charge is -2.12. The van der Waals surface area contributed by atoms with Crippen molar-refractivity contribution in [2.45, 2.75) is 18.9 Å². The Labute approximate surface area is 98.6 Å². The first-order chi connectivity index (χ1) is 7.93. The van der Waals surface area contributed by atoms with Gasteiger partial charge in [-0.3, -0.25) is 0 Å². The molecule has 1 aliphatic heterocycles. The average Bonchev–Trinajstić information content (AvgIpc) is 2.97. The van der Waals surface area contributed by atoms with Gasteiger partial charge in [0, 0.05) is 6.04 Å². The van der Waals surface area contributed by atoms with Crippen molar-refractivity contribution in [1.29, 1.82) is 0 Å². The number of nitrogens with zero attached hydrogens (tertiary/aromatic N) is 1. The van der Waals surface area contributed by atoms with E-state index in [1.54, 1.807) is 0 Å². The van der Waals surface area contributed by atoms with Gasteiger partial charge in [0.05, 0.1) is 16.3 Å². The summed E-state index contributed by atoms with van der Waals surface area (Å²) in [5, 5.41) is 4.56. The summed E-state index contributed by atoms with van der Waals surface area (Å²) in [6, 6.07) is 6.64. The quantitative estimate of drug-likeness (QED) is 0.885. The lowest BCUT2D eigenvalue weighted by molar-refractivity contribution is 0.280. The van der Waals surface area contributed by atoms with Gasteiger partial charge in [-0.25, -0.2) is 0 Å². The van der Waals surface area contributed by atoms with Crippen LogP contribution in [0.2, 0.25) is 0 Å². The number of nitrogens with one attached hydrogen (secondary N) is 1. The molecule has 4 heteroatoms. The second-order valence-electron chi connectivity index (χ2n) is 4.10. The fourth-order valence-corrected chi connectivity index (χ4v) is 2.74. The smallest absolute Gasteiger partial charge is 0.129 e. The third kappa shape index (κ3) is 1.90. The molecule has 1 fully saturated rings. The van der Waals surface area contributed by atoms with Crippen molar-refractivity contribution >= 4 is 21.6 Å². The minimum absolute atomic E-state index is 0.516. The van der Waals surface area contributed by atoms with Crippen molar-refractivity contribution < 1.29 is 4.74 Å². The average molecular weight is 234 g/mol. The fraction of sp³-hybridized carbons (Fsp3) is 0.417. The Morgan fingerprint density at radius 1 is 1.50 bits per heavy atom. The zero-order chi connectivity index (χ0) is 10.8. The molecular formula is C12H14N2OS. The van der Waals surface area contributed by atoms with Crippen molar-refractivity contribution in [2.24, 2.45) is 0 Å². The summed E-state index contributed by atoms with van der Waals surface area (Å²) in [6.45, 7) is 1.88. The minimum Gasteiger partial charge on any atom is -0.491 e. The van der Waals surface area contributed by atoms with Crippen molar-refractivity contribution in [2.75, 3.05) is 13.2 Å². The fourth-order valence-electron chi connectivity index (χ4n) is 2.08. The zero-order valence-corrected chi connectivity index (χ0v) is 9.80. The number of hydrogen-bond acceptors (Lipinski definition) is 4. The van der Waals surface area contributed by atoms with Crippen LogP contribution >= 0.6 is 11.5 Å². The highest BCUT2D eigenvalue weighted by atomic mass is 32.1. The van der Waals surface area contributed by atoms with Crippen molar-refractivity contribution in [3.05, 3.63) is 24.4 Å². The van der Waals surface area contributed by atoms with Crippen molar-refractivity contribution in [3.63, 3.8) is 0 Å². The summed E-state index contributed by atoms with van der Waals surface area (Å²) in [5.74, 6) is 0.958. The minimum atomic E-state index is 0.516. The van der Waals surface area contributed by atoms with Crippen LogP contribution in [0.15, 0.2) is 24.4 Å². The monoisotopic (exact) mass is 234 g/mol. The van der Waals surface area contributed by atoms with Crippen LogP contribution < -0.4 is 10.1 Å². The van der Waals surface area contributed by atoms with Crippen LogP contribution in [-0.2, 0) is 0 Å². The summed E-state index contributed by atoms with van der Waals surface area (Å²) in [5.41, 5.74) is 0. The lowest BCUT2D eigenvalue weighted by Crippen LogP contribution is -2.28. The molecule has 1 saturated heterocycles. The number of rotatable bonds is 3. The van der Waals surface area contributed by atoms with Gasteiger partial charge >= 0.3 is 0 Å². The van der Waals surface area contributed by atoms with E-state index in [0.29, 0.717) is 6.04 Å². The number of aromatic nitrogens is 1. The molecule has 3 rings (SSSR count). The third-order valence-corrected chi connectivity index (χ3v) is 3.72. The molecule has 0 saturated carbocycles. The van der Waals surface area contributed by atoms with E-state index in [9.17, 15) is 0 Å². The Morgan fingerprint density at radius 2 is 2.50 bits per heavy atom. The maximum absolute atomic E-state index is 5.87. The molecule has 2 heterocycles. The first-order valence-electron chi connectivity index (χ1n) is 5.63. The Kier molecular flexibility index (Phi) is 2.76. The molecule has 1 unspecified atom stereocenters. The topological polar surface area (TPSA) is 34.1 Å². The molecule has 1 aromatic carbocycles. The van der Waals surface area contributed by atoms with E-state index in [1.165, 1.54) is 29.1 Å². The largest absolute Gasteiger partial charge is 0.491 e. The standard InChI is InChI=1S/C12H14N2OS/c1-4-11(10-7-14-16-12(10)5-1)15-8-9-3-2-6-13-9/h1,4-5,7,9,13H,2-3,6,8H2. The van der Waals surface area contributed by atoms with Gasteiger partial charge in [0.2, 0.25) is 0 Å². The van der Waals surface area contributed by atoms with Crippen LogP contribution in [0.1, 0.15) is 12.8 Å². The highest BCUT2D eigenvalue weighted by Crippen LogP contribution is 2.27. The molecule has 84 valence electrons. The Bertz CT molecular complexity index is 477. The first-order valence-corrected chi connectivity index (χ1v) is 6.40. The number of fused-ring (bicyclic) bond motifs is 1. The maximum atomic E-state index is 5.87. The molecule has 0 amide bonds. The SMILES string of the molecule is c1cc(OCC2CCCN2)c2cnsc2c1. The van der Waals surface area contributed by atoms with Crippen molar-refractivity contribution in [1.82, 2.24) is 9.69 Å². The molecule has 0 spiro atoms. The molecule has 1 aliphatic rings. The predicted molar refractivity (Wildman–Crippen MR) is 66.1 cm³/mol. The summed E-state index contributed by atoms with van der Waals surface area (Å²) in [7, 11) is 0. The van der Waals surface area contributed by atoms with E-state index >= 15 is 0 Å². The molecule has 0 radical (unpaired) electrons. The van der Waals surface area contributed by atoms with E-state index in [4.69, 9.17) is 4.74 Å². The van der Waals surface area contributed by atoms with Crippen LogP contribution in [0, 0.1) is 0 Å². The Morgan fingerprint density at radius 3 is 3.38 bits per heavy atom. The molecule has 1 N–H and O–H groups in total. The summed E-state index contributed by atoms with van der Waals surface area (Å²) in [6.07, 6.45) is 4.37.